The summed E-state index contributed by atoms with van der Waals surface area (Å²) >= 11 is 0. The number of para-hydroxylation sites is 2. The zero-order chi connectivity index (χ0) is 9.64. The fourth-order valence-corrected chi connectivity index (χ4v) is 2.60. The molecule has 2 rings (SSSR count). The van der Waals surface area contributed by atoms with Crippen LogP contribution in [0.25, 0.3) is 0 Å². The summed E-state index contributed by atoms with van der Waals surface area (Å²) in [7, 11) is -0.190. The van der Waals surface area contributed by atoms with Gasteiger partial charge in [0.05, 0.1) is 11.4 Å². The van der Waals surface area contributed by atoms with Crippen LogP contribution >= 0.6 is 0 Å². The lowest BCUT2D eigenvalue weighted by Crippen LogP contribution is -2.32. The van der Waals surface area contributed by atoms with Gasteiger partial charge in [0.2, 0.25) is 0 Å². The van der Waals surface area contributed by atoms with E-state index in [0.29, 0.717) is 0 Å². The van der Waals surface area contributed by atoms with Crippen molar-refractivity contribution in [1.29, 1.82) is 0 Å². The van der Waals surface area contributed by atoms with E-state index in [0.717, 1.165) is 11.4 Å². The number of hydrogen-bond donors (Lipinski definition) is 0. The third kappa shape index (κ3) is 0.935. The van der Waals surface area contributed by atoms with Crippen LogP contribution in [0.1, 0.15) is 0 Å². The van der Waals surface area contributed by atoms with Gasteiger partial charge in [-0.1, -0.05) is 12.1 Å². The van der Waals surface area contributed by atoms with Crippen LogP contribution in [0.2, 0.25) is 0 Å². The van der Waals surface area contributed by atoms with E-state index < -0.39 is 10.2 Å². The van der Waals surface area contributed by atoms with Crippen LogP contribution in [0.5, 0.6) is 0 Å². The van der Waals surface area contributed by atoms with E-state index >= 15 is 0 Å². The Morgan fingerprint density at radius 2 is 1.38 bits per heavy atom. The van der Waals surface area contributed by atoms with Crippen molar-refractivity contribution in [3.05, 3.63) is 24.3 Å². The Morgan fingerprint density at radius 3 is 1.77 bits per heavy atom. The zero-order valence-corrected chi connectivity index (χ0v) is 8.25. The molecule has 0 N–H and O–H groups in total. The van der Waals surface area contributed by atoms with Crippen molar-refractivity contribution in [2.45, 2.75) is 0 Å². The van der Waals surface area contributed by atoms with Crippen molar-refractivity contribution < 1.29 is 8.42 Å². The number of anilines is 2. The molecule has 70 valence electrons. The summed E-state index contributed by atoms with van der Waals surface area (Å²) in [5.74, 6) is 0. The molecular formula is C8H10N2O2S. The van der Waals surface area contributed by atoms with Crippen LogP contribution in [0.4, 0.5) is 11.4 Å². The van der Waals surface area contributed by atoms with Crippen LogP contribution in [-0.4, -0.2) is 22.5 Å². The molecule has 0 radical (unpaired) electrons. The fourth-order valence-electron chi connectivity index (χ4n) is 1.43. The highest BCUT2D eigenvalue weighted by Crippen LogP contribution is 2.37. The Morgan fingerprint density at radius 1 is 1.00 bits per heavy atom. The predicted molar refractivity (Wildman–Crippen MR) is 52.2 cm³/mol. The molecule has 0 aliphatic carbocycles. The molecule has 1 aliphatic heterocycles. The Bertz CT molecular complexity index is 406. The molecule has 13 heavy (non-hydrogen) atoms. The van der Waals surface area contributed by atoms with Crippen LogP contribution in [-0.2, 0) is 10.2 Å². The molecule has 5 heteroatoms. The molecule has 4 nitrogen and oxygen atoms in total. The van der Waals surface area contributed by atoms with E-state index in [2.05, 4.69) is 0 Å². The van der Waals surface area contributed by atoms with E-state index in [4.69, 9.17) is 0 Å². The molecule has 0 atom stereocenters. The molecule has 1 aromatic rings. The molecular weight excluding hydrogens is 188 g/mol. The largest absolute Gasteiger partial charge is 0.326 e. The van der Waals surface area contributed by atoms with E-state index in [1.54, 1.807) is 26.2 Å². The van der Waals surface area contributed by atoms with E-state index in [9.17, 15) is 8.42 Å². The topological polar surface area (TPSA) is 40.6 Å². The fraction of sp³-hybridized carbons (Fsp3) is 0.250. The number of rotatable bonds is 0. The maximum absolute atomic E-state index is 11.6. The van der Waals surface area contributed by atoms with Crippen molar-refractivity contribution >= 4 is 21.6 Å². The van der Waals surface area contributed by atoms with E-state index in [-0.39, 0.29) is 0 Å². The summed E-state index contributed by atoms with van der Waals surface area (Å²) in [6.07, 6.45) is 0. The number of fused-ring (bicyclic) bond motifs is 1. The molecule has 1 aliphatic rings. The lowest BCUT2D eigenvalue weighted by molar-refractivity contribution is 0.595. The van der Waals surface area contributed by atoms with Gasteiger partial charge in [0.15, 0.2) is 0 Å². The van der Waals surface area contributed by atoms with Crippen LogP contribution in [0.15, 0.2) is 24.3 Å². The summed E-state index contributed by atoms with van der Waals surface area (Å²) < 4.78 is 25.8. The molecule has 0 amide bonds. The van der Waals surface area contributed by atoms with Crippen molar-refractivity contribution in [3.63, 3.8) is 0 Å². The second kappa shape index (κ2) is 2.38. The first-order valence-electron chi connectivity index (χ1n) is 3.87. The van der Waals surface area contributed by atoms with Crippen LogP contribution in [0, 0.1) is 0 Å². The smallest absolute Gasteiger partial charge is 0.254 e. The molecule has 0 unspecified atom stereocenters. The Hall–Kier alpha value is -1.23. The maximum Gasteiger partial charge on any atom is 0.326 e. The highest BCUT2D eigenvalue weighted by molar-refractivity contribution is 7.94. The van der Waals surface area contributed by atoms with Crippen molar-refractivity contribution in [2.24, 2.45) is 0 Å². The third-order valence-electron chi connectivity index (χ3n) is 2.25. The van der Waals surface area contributed by atoms with Gasteiger partial charge in [-0.2, -0.15) is 8.42 Å². The third-order valence-corrected chi connectivity index (χ3v) is 4.03. The summed E-state index contributed by atoms with van der Waals surface area (Å²) in [6, 6.07) is 7.22. The number of benzene rings is 1. The van der Waals surface area contributed by atoms with Crippen LogP contribution in [0.3, 0.4) is 0 Å². The first-order chi connectivity index (χ1) is 6.05. The molecule has 0 saturated heterocycles. The first-order valence-corrected chi connectivity index (χ1v) is 5.26. The minimum absolute atomic E-state index is 0.727. The van der Waals surface area contributed by atoms with Gasteiger partial charge in [0, 0.05) is 14.1 Å². The Balaban J connectivity index is 2.71. The highest BCUT2D eigenvalue weighted by Gasteiger charge is 2.34. The molecule has 0 bridgehead atoms. The summed E-state index contributed by atoms with van der Waals surface area (Å²) in [5.41, 5.74) is 1.45. The molecule has 0 fully saturated rings. The lowest BCUT2D eigenvalue weighted by Gasteiger charge is -2.13. The quantitative estimate of drug-likeness (QED) is 0.619. The zero-order valence-electron chi connectivity index (χ0n) is 7.43. The molecule has 1 heterocycles. The molecule has 0 spiro atoms. The minimum atomic E-state index is -3.30. The predicted octanol–water partition coefficient (Wildman–Crippen LogP) is 0.817. The van der Waals surface area contributed by atoms with Gasteiger partial charge in [0.1, 0.15) is 0 Å². The van der Waals surface area contributed by atoms with E-state index in [1.807, 2.05) is 12.1 Å². The first kappa shape index (κ1) is 8.37. The second-order valence-electron chi connectivity index (χ2n) is 2.93. The average Bonchev–Trinajstić information content (AvgIpc) is 2.30. The number of nitrogens with zero attached hydrogens (tertiary/aromatic N) is 2. The standard InChI is InChI=1S/C8H10N2O2S/c1-9-7-5-3-4-6-8(7)10(2)13(9,11)12/h3-6H,1-2H3. The average molecular weight is 198 g/mol. The number of hydrogen-bond acceptors (Lipinski definition) is 2. The lowest BCUT2D eigenvalue weighted by atomic mass is 10.3. The van der Waals surface area contributed by atoms with Crippen molar-refractivity contribution in [2.75, 3.05) is 22.7 Å². The molecule has 0 saturated carbocycles. The Kier molecular flexibility index (Phi) is 1.53. The van der Waals surface area contributed by atoms with Gasteiger partial charge < -0.3 is 0 Å². The normalized spacial score (nSPS) is 18.9. The SMILES string of the molecule is CN1c2ccccc2N(C)S1(=O)=O. The van der Waals surface area contributed by atoms with Gasteiger partial charge in [0.25, 0.3) is 0 Å². The van der Waals surface area contributed by atoms with Gasteiger partial charge in [-0.05, 0) is 12.1 Å². The summed E-state index contributed by atoms with van der Waals surface area (Å²) in [5, 5.41) is 0. The van der Waals surface area contributed by atoms with Gasteiger partial charge in [-0.25, -0.2) is 0 Å². The van der Waals surface area contributed by atoms with Crippen molar-refractivity contribution in [3.8, 4) is 0 Å². The summed E-state index contributed by atoms with van der Waals surface area (Å²) in [6.45, 7) is 0. The maximum atomic E-state index is 11.6. The second-order valence-corrected chi connectivity index (χ2v) is 4.92. The highest BCUT2D eigenvalue weighted by atomic mass is 32.2. The minimum Gasteiger partial charge on any atom is -0.254 e. The van der Waals surface area contributed by atoms with Crippen molar-refractivity contribution in [1.82, 2.24) is 0 Å². The summed E-state index contributed by atoms with van der Waals surface area (Å²) in [4.78, 5) is 0. The molecule has 0 aromatic heterocycles. The Labute approximate surface area is 77.6 Å². The molecule has 1 aromatic carbocycles. The van der Waals surface area contributed by atoms with Gasteiger partial charge in [-0.15, -0.1) is 0 Å². The van der Waals surface area contributed by atoms with E-state index in [1.165, 1.54) is 8.61 Å². The van der Waals surface area contributed by atoms with Gasteiger partial charge >= 0.3 is 10.2 Å². The van der Waals surface area contributed by atoms with Crippen LogP contribution < -0.4 is 8.61 Å². The van der Waals surface area contributed by atoms with Gasteiger partial charge in [-0.3, -0.25) is 8.61 Å². The monoisotopic (exact) mass is 198 g/mol.